The molecule has 0 amide bonds. The molecule has 2 aliphatic rings. The zero-order valence-electron chi connectivity index (χ0n) is 15.4. The Morgan fingerprint density at radius 3 is 2.85 bits per heavy atom. The van der Waals surface area contributed by atoms with Crippen molar-refractivity contribution in [2.75, 3.05) is 13.1 Å². The van der Waals surface area contributed by atoms with Gasteiger partial charge in [0.05, 0.1) is 17.5 Å². The van der Waals surface area contributed by atoms with Gasteiger partial charge in [-0.05, 0) is 44.7 Å². The van der Waals surface area contributed by atoms with Crippen LogP contribution >= 0.6 is 0 Å². The third-order valence-corrected chi connectivity index (χ3v) is 6.15. The molecule has 8 nitrogen and oxygen atoms in total. The molecule has 2 fully saturated rings. The number of aromatic amines is 1. The Morgan fingerprint density at radius 2 is 2.07 bits per heavy atom. The minimum atomic E-state index is -0.120. The Labute approximate surface area is 156 Å². The van der Waals surface area contributed by atoms with Gasteiger partial charge in [0.1, 0.15) is 5.65 Å². The highest BCUT2D eigenvalue weighted by Crippen LogP contribution is 2.39. The van der Waals surface area contributed by atoms with Crippen LogP contribution in [0.5, 0.6) is 0 Å². The molecule has 0 unspecified atom stereocenters. The van der Waals surface area contributed by atoms with E-state index in [4.69, 9.17) is 4.52 Å². The molecule has 142 valence electrons. The van der Waals surface area contributed by atoms with Crippen molar-refractivity contribution in [3.8, 4) is 11.4 Å². The van der Waals surface area contributed by atoms with Gasteiger partial charge in [-0.15, -0.1) is 0 Å². The van der Waals surface area contributed by atoms with E-state index < -0.39 is 0 Å². The highest BCUT2D eigenvalue weighted by Gasteiger charge is 2.30. The zero-order valence-corrected chi connectivity index (χ0v) is 15.4. The van der Waals surface area contributed by atoms with Gasteiger partial charge in [0.2, 0.25) is 11.7 Å². The summed E-state index contributed by atoms with van der Waals surface area (Å²) in [5.41, 5.74) is 2.19. The highest BCUT2D eigenvalue weighted by molar-refractivity contribution is 5.71. The normalized spacial score (nSPS) is 24.0. The summed E-state index contributed by atoms with van der Waals surface area (Å²) in [7, 11) is 0. The van der Waals surface area contributed by atoms with Gasteiger partial charge in [-0.25, -0.2) is 4.52 Å². The van der Waals surface area contributed by atoms with Crippen LogP contribution in [0.2, 0.25) is 0 Å². The maximum Gasteiger partial charge on any atom is 0.251 e. The van der Waals surface area contributed by atoms with Crippen molar-refractivity contribution in [3.63, 3.8) is 0 Å². The number of fused-ring (bicyclic) bond motifs is 1. The van der Waals surface area contributed by atoms with Crippen molar-refractivity contribution in [2.45, 2.75) is 50.9 Å². The summed E-state index contributed by atoms with van der Waals surface area (Å²) in [5.74, 6) is 2.42. The van der Waals surface area contributed by atoms with Gasteiger partial charge >= 0.3 is 0 Å². The van der Waals surface area contributed by atoms with Crippen molar-refractivity contribution >= 4 is 5.65 Å². The molecule has 27 heavy (non-hydrogen) atoms. The number of aromatic nitrogens is 5. The van der Waals surface area contributed by atoms with Crippen molar-refractivity contribution in [2.24, 2.45) is 5.92 Å². The molecule has 1 aliphatic heterocycles. The van der Waals surface area contributed by atoms with Crippen LogP contribution in [-0.2, 0) is 0 Å². The van der Waals surface area contributed by atoms with Gasteiger partial charge in [-0.2, -0.15) is 10.1 Å². The van der Waals surface area contributed by atoms with E-state index in [0.717, 1.165) is 38.0 Å². The molecule has 0 bridgehead atoms. The monoisotopic (exact) mass is 368 g/mol. The van der Waals surface area contributed by atoms with E-state index in [9.17, 15) is 4.79 Å². The molecule has 1 aliphatic carbocycles. The van der Waals surface area contributed by atoms with Crippen LogP contribution in [0.15, 0.2) is 21.6 Å². The Hall–Kier alpha value is -2.48. The van der Waals surface area contributed by atoms with E-state index in [0.29, 0.717) is 40.7 Å². The summed E-state index contributed by atoms with van der Waals surface area (Å²) in [6.45, 7) is 4.15. The number of piperidine rings is 1. The number of rotatable bonds is 3. The first-order valence-corrected chi connectivity index (χ1v) is 9.86. The number of nitrogens with one attached hydrogen (secondary N) is 2. The zero-order chi connectivity index (χ0) is 18.4. The molecule has 5 rings (SSSR count). The lowest BCUT2D eigenvalue weighted by Crippen LogP contribution is -2.28. The second-order valence-electron chi connectivity index (χ2n) is 7.87. The molecular formula is C19H24N6O2. The Kier molecular flexibility index (Phi) is 4.07. The lowest BCUT2D eigenvalue weighted by molar-refractivity contribution is 0.331. The van der Waals surface area contributed by atoms with Crippen LogP contribution in [0.1, 0.15) is 62.4 Å². The lowest BCUT2D eigenvalue weighted by Gasteiger charge is -2.23. The van der Waals surface area contributed by atoms with Gasteiger partial charge < -0.3 is 14.8 Å². The van der Waals surface area contributed by atoms with Crippen molar-refractivity contribution in [1.29, 1.82) is 0 Å². The maximum atomic E-state index is 12.3. The van der Waals surface area contributed by atoms with Crippen LogP contribution in [0.4, 0.5) is 0 Å². The molecule has 0 aromatic carbocycles. The SMILES string of the molecule is C[C@H]1CCC[C@H]1c1nc(-c2cnn3c(C4CCNCC4)cc(=O)[nH]c23)no1. The molecule has 3 aromatic heterocycles. The first-order chi connectivity index (χ1) is 13.2. The van der Waals surface area contributed by atoms with Gasteiger partial charge in [0.25, 0.3) is 5.56 Å². The smallest absolute Gasteiger partial charge is 0.251 e. The predicted octanol–water partition coefficient (Wildman–Crippen LogP) is 2.44. The first-order valence-electron chi connectivity index (χ1n) is 9.86. The highest BCUT2D eigenvalue weighted by atomic mass is 16.5. The number of hydrogen-bond donors (Lipinski definition) is 2. The van der Waals surface area contributed by atoms with E-state index in [1.165, 1.54) is 12.8 Å². The van der Waals surface area contributed by atoms with Crippen molar-refractivity contribution in [1.82, 2.24) is 30.1 Å². The van der Waals surface area contributed by atoms with E-state index in [1.54, 1.807) is 12.3 Å². The van der Waals surface area contributed by atoms with E-state index >= 15 is 0 Å². The molecular weight excluding hydrogens is 344 g/mol. The van der Waals surface area contributed by atoms with Crippen LogP contribution in [0.25, 0.3) is 17.0 Å². The third-order valence-electron chi connectivity index (χ3n) is 6.15. The van der Waals surface area contributed by atoms with Gasteiger partial charge in [-0.1, -0.05) is 18.5 Å². The summed E-state index contributed by atoms with van der Waals surface area (Å²) in [5, 5.41) is 12.1. The maximum absolute atomic E-state index is 12.3. The minimum Gasteiger partial charge on any atom is -0.339 e. The second kappa shape index (κ2) is 6.60. The molecule has 1 saturated carbocycles. The summed E-state index contributed by atoms with van der Waals surface area (Å²) in [6.07, 6.45) is 7.22. The molecule has 0 radical (unpaired) electrons. The first kappa shape index (κ1) is 16.7. The molecule has 0 spiro atoms. The molecule has 2 atom stereocenters. The second-order valence-corrected chi connectivity index (χ2v) is 7.87. The number of nitrogens with zero attached hydrogens (tertiary/aromatic N) is 4. The molecule has 4 heterocycles. The molecule has 1 saturated heterocycles. The number of hydrogen-bond acceptors (Lipinski definition) is 6. The molecule has 2 N–H and O–H groups in total. The predicted molar refractivity (Wildman–Crippen MR) is 99.7 cm³/mol. The Balaban J connectivity index is 1.56. The standard InChI is InChI=1S/C19H24N6O2/c1-11-3-2-4-13(11)19-23-17(24-27-19)14-10-21-25-15(9-16(26)22-18(14)25)12-5-7-20-8-6-12/h9-13,20H,2-8H2,1H3,(H,22,26)/t11-,13+/m0/s1. The fraction of sp³-hybridized carbons (Fsp3) is 0.579. The lowest BCUT2D eigenvalue weighted by atomic mass is 9.94. The van der Waals surface area contributed by atoms with Crippen LogP contribution in [0.3, 0.4) is 0 Å². The van der Waals surface area contributed by atoms with E-state index in [1.807, 2.05) is 4.52 Å². The summed E-state index contributed by atoms with van der Waals surface area (Å²) in [6, 6.07) is 1.67. The average Bonchev–Trinajstić information content (AvgIpc) is 3.40. The third kappa shape index (κ3) is 2.88. The van der Waals surface area contributed by atoms with Gasteiger partial charge in [0, 0.05) is 17.9 Å². The van der Waals surface area contributed by atoms with E-state index in [2.05, 4.69) is 32.5 Å². The minimum absolute atomic E-state index is 0.120. The summed E-state index contributed by atoms with van der Waals surface area (Å²) in [4.78, 5) is 19.9. The van der Waals surface area contributed by atoms with Crippen molar-refractivity contribution in [3.05, 3.63) is 34.2 Å². The average molecular weight is 368 g/mol. The van der Waals surface area contributed by atoms with E-state index in [-0.39, 0.29) is 5.56 Å². The quantitative estimate of drug-likeness (QED) is 0.736. The van der Waals surface area contributed by atoms with Gasteiger partial charge in [0.15, 0.2) is 0 Å². The summed E-state index contributed by atoms with van der Waals surface area (Å²) >= 11 is 0. The topological polar surface area (TPSA) is 101 Å². The van der Waals surface area contributed by atoms with Crippen LogP contribution in [0, 0.1) is 5.92 Å². The Morgan fingerprint density at radius 1 is 1.22 bits per heavy atom. The molecule has 8 heteroatoms. The largest absolute Gasteiger partial charge is 0.339 e. The Bertz CT molecular complexity index is 1010. The van der Waals surface area contributed by atoms with Gasteiger partial charge in [-0.3, -0.25) is 4.79 Å². The number of H-pyrrole nitrogens is 1. The van der Waals surface area contributed by atoms with Crippen LogP contribution < -0.4 is 10.9 Å². The fourth-order valence-corrected chi connectivity index (χ4v) is 4.59. The fourth-order valence-electron chi connectivity index (χ4n) is 4.59. The molecule has 3 aromatic rings. The van der Waals surface area contributed by atoms with Crippen molar-refractivity contribution < 1.29 is 4.52 Å². The van der Waals surface area contributed by atoms with Crippen LogP contribution in [-0.4, -0.2) is 37.8 Å². The summed E-state index contributed by atoms with van der Waals surface area (Å²) < 4.78 is 7.40.